The van der Waals surface area contributed by atoms with Crippen molar-refractivity contribution >= 4 is 5.97 Å². The van der Waals surface area contributed by atoms with Crippen LogP contribution in [0.1, 0.15) is 17.0 Å². The van der Waals surface area contributed by atoms with Crippen LogP contribution in [0.25, 0.3) is 0 Å². The van der Waals surface area contributed by atoms with Gasteiger partial charge in [0, 0.05) is 18.9 Å². The highest BCUT2D eigenvalue weighted by Crippen LogP contribution is 2.66. The van der Waals surface area contributed by atoms with Crippen molar-refractivity contribution in [3.63, 3.8) is 0 Å². The zero-order valence-electron chi connectivity index (χ0n) is 12.8. The third-order valence-corrected chi connectivity index (χ3v) is 4.25. The predicted molar refractivity (Wildman–Crippen MR) is 74.1 cm³/mol. The van der Waals surface area contributed by atoms with E-state index in [0.29, 0.717) is 5.56 Å². The maximum atomic E-state index is 12.6. The van der Waals surface area contributed by atoms with E-state index in [-0.39, 0.29) is 0 Å². The molecule has 0 spiro atoms. The molecule has 0 amide bonds. The second kappa shape index (κ2) is 6.14. The molecule has 1 aromatic carbocycles. The number of rotatable bonds is 4. The molecule has 3 unspecified atom stereocenters. The number of carbonyl (C=O) groups is 1. The number of nitriles is 2. The van der Waals surface area contributed by atoms with Crippen molar-refractivity contribution in [1.82, 2.24) is 0 Å². The Labute approximate surface area is 136 Å². The minimum absolute atomic E-state index is 0.363. The summed E-state index contributed by atoms with van der Waals surface area (Å²) in [6.45, 7) is 0. The molecule has 24 heavy (non-hydrogen) atoms. The molecule has 1 fully saturated rings. The quantitative estimate of drug-likeness (QED) is 0.788. The molecule has 8 heteroatoms. The number of esters is 1. The standard InChI is InChI=1S/C16H13F3N2O3/c1-23-13(14(22)24-2)12-11(15(12,7-20)8-21)9-3-5-10(6-4-9)16(17,18)19/h3-6,11-13H,1-2H3. The molecule has 2 rings (SSSR count). The van der Waals surface area contributed by atoms with Gasteiger partial charge in [0.05, 0.1) is 24.8 Å². The van der Waals surface area contributed by atoms with Gasteiger partial charge in [0.2, 0.25) is 0 Å². The zero-order chi connectivity index (χ0) is 18.1. The van der Waals surface area contributed by atoms with Crippen molar-refractivity contribution in [2.24, 2.45) is 11.3 Å². The normalized spacial score (nSPS) is 22.8. The van der Waals surface area contributed by atoms with Crippen molar-refractivity contribution in [1.29, 1.82) is 10.5 Å². The van der Waals surface area contributed by atoms with E-state index in [1.807, 2.05) is 12.1 Å². The van der Waals surface area contributed by atoms with Gasteiger partial charge in [-0.3, -0.25) is 0 Å². The first-order chi connectivity index (χ1) is 11.3. The van der Waals surface area contributed by atoms with E-state index in [1.165, 1.54) is 19.2 Å². The molecule has 1 saturated carbocycles. The molecule has 1 aliphatic carbocycles. The van der Waals surface area contributed by atoms with Crippen LogP contribution < -0.4 is 0 Å². The molecule has 5 nitrogen and oxygen atoms in total. The van der Waals surface area contributed by atoms with E-state index < -0.39 is 41.1 Å². The largest absolute Gasteiger partial charge is 0.467 e. The molecule has 0 bridgehead atoms. The van der Waals surface area contributed by atoms with E-state index in [9.17, 15) is 28.5 Å². The van der Waals surface area contributed by atoms with Crippen LogP contribution in [0.15, 0.2) is 24.3 Å². The van der Waals surface area contributed by atoms with Gasteiger partial charge in [-0.15, -0.1) is 0 Å². The summed E-state index contributed by atoms with van der Waals surface area (Å²) in [5.74, 6) is -2.30. The zero-order valence-corrected chi connectivity index (χ0v) is 12.8. The molecular weight excluding hydrogens is 325 g/mol. The van der Waals surface area contributed by atoms with Crippen LogP contribution >= 0.6 is 0 Å². The maximum absolute atomic E-state index is 12.6. The van der Waals surface area contributed by atoms with Crippen molar-refractivity contribution in [3.05, 3.63) is 35.4 Å². The molecule has 3 atom stereocenters. The minimum atomic E-state index is -4.48. The Balaban J connectivity index is 2.40. The summed E-state index contributed by atoms with van der Waals surface area (Å²) in [6.07, 6.45) is -5.63. The number of hydrogen-bond acceptors (Lipinski definition) is 5. The lowest BCUT2D eigenvalue weighted by molar-refractivity contribution is -0.154. The minimum Gasteiger partial charge on any atom is -0.467 e. The van der Waals surface area contributed by atoms with E-state index >= 15 is 0 Å². The molecular formula is C16H13F3N2O3. The number of alkyl halides is 3. The van der Waals surface area contributed by atoms with Crippen molar-refractivity contribution in [3.8, 4) is 12.1 Å². The van der Waals surface area contributed by atoms with E-state index in [1.54, 1.807) is 0 Å². The molecule has 1 aromatic rings. The highest BCUT2D eigenvalue weighted by Gasteiger charge is 2.71. The molecule has 126 valence electrons. The molecule has 1 aliphatic rings. The van der Waals surface area contributed by atoms with Crippen LogP contribution in [0.2, 0.25) is 0 Å². The van der Waals surface area contributed by atoms with Crippen LogP contribution in [-0.4, -0.2) is 26.3 Å². The summed E-state index contributed by atoms with van der Waals surface area (Å²) < 4.78 is 47.6. The summed E-state index contributed by atoms with van der Waals surface area (Å²) in [4.78, 5) is 11.8. The molecule has 0 saturated heterocycles. The van der Waals surface area contributed by atoms with Crippen LogP contribution in [0.5, 0.6) is 0 Å². The average molecular weight is 338 g/mol. The number of methoxy groups -OCH3 is 2. The SMILES string of the molecule is COC(=O)C(OC)C1C(c2ccc(C(F)(F)F)cc2)C1(C#N)C#N. The second-order valence-corrected chi connectivity index (χ2v) is 5.40. The Hall–Kier alpha value is -2.58. The molecule has 0 aromatic heterocycles. The Kier molecular flexibility index (Phi) is 4.54. The van der Waals surface area contributed by atoms with E-state index in [4.69, 9.17) is 4.74 Å². The number of ether oxygens (including phenoxy) is 2. The van der Waals surface area contributed by atoms with Crippen LogP contribution in [0.4, 0.5) is 13.2 Å². The highest BCUT2D eigenvalue weighted by molar-refractivity contribution is 5.77. The number of carbonyl (C=O) groups excluding carboxylic acids is 1. The van der Waals surface area contributed by atoms with Crippen molar-refractivity contribution in [2.45, 2.75) is 18.2 Å². The number of nitrogens with zero attached hydrogens (tertiary/aromatic N) is 2. The smallest absolute Gasteiger partial charge is 0.416 e. The Morgan fingerprint density at radius 1 is 1.21 bits per heavy atom. The van der Waals surface area contributed by atoms with Crippen molar-refractivity contribution in [2.75, 3.05) is 14.2 Å². The lowest BCUT2D eigenvalue weighted by Gasteiger charge is -2.12. The van der Waals surface area contributed by atoms with Gasteiger partial charge in [-0.05, 0) is 17.7 Å². The fourth-order valence-electron chi connectivity index (χ4n) is 3.00. The predicted octanol–water partition coefficient (Wildman–Crippen LogP) is 2.64. The van der Waals surface area contributed by atoms with Gasteiger partial charge in [-0.1, -0.05) is 12.1 Å². The fourth-order valence-corrected chi connectivity index (χ4v) is 3.00. The lowest BCUT2D eigenvalue weighted by atomic mass is 10.0. The van der Waals surface area contributed by atoms with Gasteiger partial charge in [0.25, 0.3) is 0 Å². The molecule has 0 heterocycles. The fraction of sp³-hybridized carbons (Fsp3) is 0.438. The topological polar surface area (TPSA) is 83.1 Å². The Bertz CT molecular complexity index is 702. The van der Waals surface area contributed by atoms with Crippen LogP contribution in [0.3, 0.4) is 0 Å². The van der Waals surface area contributed by atoms with Gasteiger partial charge in [0.1, 0.15) is 0 Å². The monoisotopic (exact) mass is 338 g/mol. The number of halogens is 3. The van der Waals surface area contributed by atoms with Crippen LogP contribution in [0, 0.1) is 34.0 Å². The average Bonchev–Trinajstić information content (AvgIpc) is 3.23. The van der Waals surface area contributed by atoms with Gasteiger partial charge in [0.15, 0.2) is 11.5 Å². The summed E-state index contributed by atoms with van der Waals surface area (Å²) in [5, 5.41) is 18.8. The highest BCUT2D eigenvalue weighted by atomic mass is 19.4. The van der Waals surface area contributed by atoms with E-state index in [0.717, 1.165) is 19.2 Å². The number of benzene rings is 1. The summed E-state index contributed by atoms with van der Waals surface area (Å²) in [5.41, 5.74) is -2.02. The third-order valence-electron chi connectivity index (χ3n) is 4.25. The maximum Gasteiger partial charge on any atom is 0.416 e. The first-order valence-corrected chi connectivity index (χ1v) is 6.87. The summed E-state index contributed by atoms with van der Waals surface area (Å²) >= 11 is 0. The number of hydrogen-bond donors (Lipinski definition) is 0. The summed E-state index contributed by atoms with van der Waals surface area (Å²) in [7, 11) is 2.38. The Morgan fingerprint density at radius 3 is 2.12 bits per heavy atom. The van der Waals surface area contributed by atoms with Crippen LogP contribution in [-0.2, 0) is 20.4 Å². The Morgan fingerprint density at radius 2 is 1.75 bits per heavy atom. The molecule has 0 aliphatic heterocycles. The van der Waals surface area contributed by atoms with Crippen molar-refractivity contribution < 1.29 is 27.4 Å². The first kappa shape index (κ1) is 17.8. The molecule has 0 radical (unpaired) electrons. The van der Waals surface area contributed by atoms with Gasteiger partial charge in [-0.2, -0.15) is 23.7 Å². The lowest BCUT2D eigenvalue weighted by Crippen LogP contribution is -2.29. The van der Waals surface area contributed by atoms with E-state index in [2.05, 4.69) is 4.74 Å². The summed E-state index contributed by atoms with van der Waals surface area (Å²) in [6, 6.07) is 7.91. The second-order valence-electron chi connectivity index (χ2n) is 5.40. The van der Waals surface area contributed by atoms with Gasteiger partial charge < -0.3 is 9.47 Å². The first-order valence-electron chi connectivity index (χ1n) is 6.87. The van der Waals surface area contributed by atoms with Gasteiger partial charge >= 0.3 is 12.1 Å². The molecule has 0 N–H and O–H groups in total. The third kappa shape index (κ3) is 2.70. The van der Waals surface area contributed by atoms with Gasteiger partial charge in [-0.25, -0.2) is 4.79 Å².